The first-order valence-electron chi connectivity index (χ1n) is 5.90. The summed E-state index contributed by atoms with van der Waals surface area (Å²) in [5.74, 6) is -0.392. The van der Waals surface area contributed by atoms with Crippen molar-refractivity contribution in [3.8, 4) is 17.2 Å². The second kappa shape index (κ2) is 6.93. The number of ether oxygens (including phenoxy) is 3. The van der Waals surface area contributed by atoms with Gasteiger partial charge in [0.2, 0.25) is 5.75 Å². The van der Waals surface area contributed by atoms with E-state index in [0.717, 1.165) is 11.8 Å². The number of hydrogen-bond donors (Lipinski definition) is 1. The highest BCUT2D eigenvalue weighted by atomic mass is 32.2. The van der Waals surface area contributed by atoms with Crippen molar-refractivity contribution in [2.24, 2.45) is 0 Å². The third-order valence-corrected chi connectivity index (χ3v) is 3.79. The number of methoxy groups -OCH3 is 2. The molecule has 0 aromatic heterocycles. The monoisotopic (exact) mass is 347 g/mol. The molecular weight excluding hydrogens is 336 g/mol. The lowest BCUT2D eigenvalue weighted by Crippen LogP contribution is -2.17. The normalized spacial score (nSPS) is 16.1. The van der Waals surface area contributed by atoms with Crippen LogP contribution in [0.15, 0.2) is 17.0 Å². The first-order chi connectivity index (χ1) is 10.4. The fourth-order valence-electron chi connectivity index (χ4n) is 1.76. The molecule has 5 nitrogen and oxygen atoms in total. The van der Waals surface area contributed by atoms with Crippen molar-refractivity contribution in [3.63, 3.8) is 0 Å². The quantitative estimate of drug-likeness (QED) is 0.653. The van der Waals surface area contributed by atoms with Crippen LogP contribution in [0.1, 0.15) is 5.56 Å². The van der Waals surface area contributed by atoms with Gasteiger partial charge in [-0.2, -0.15) is 8.78 Å². The first kappa shape index (κ1) is 16.5. The van der Waals surface area contributed by atoms with Crippen LogP contribution in [-0.4, -0.2) is 31.1 Å². The average molecular weight is 347 g/mol. The van der Waals surface area contributed by atoms with Crippen LogP contribution in [-0.2, 0) is 4.79 Å². The predicted molar refractivity (Wildman–Crippen MR) is 82.5 cm³/mol. The van der Waals surface area contributed by atoms with Gasteiger partial charge < -0.3 is 19.5 Å². The molecule has 0 aliphatic carbocycles. The van der Waals surface area contributed by atoms with Crippen LogP contribution < -0.4 is 19.5 Å². The molecule has 2 rings (SSSR count). The van der Waals surface area contributed by atoms with Crippen LogP contribution in [0.25, 0.3) is 6.08 Å². The zero-order chi connectivity index (χ0) is 16.3. The molecule has 0 bridgehead atoms. The standard InChI is InChI=1S/C13H11F2NO4S2/c1-18-7-3-6(5-9-11(17)16-13(21)22-9)4-8(19-2)10(7)20-12(14)15/h3-5,12H,1-2H3,(H,16,17,21)/b9-5+. The van der Waals surface area contributed by atoms with Gasteiger partial charge in [-0.1, -0.05) is 24.0 Å². The summed E-state index contributed by atoms with van der Waals surface area (Å²) in [6, 6.07) is 2.92. The molecule has 1 fully saturated rings. The van der Waals surface area contributed by atoms with E-state index in [-0.39, 0.29) is 23.2 Å². The lowest BCUT2D eigenvalue weighted by Gasteiger charge is -2.14. The summed E-state index contributed by atoms with van der Waals surface area (Å²) in [6.45, 7) is -3.01. The highest BCUT2D eigenvalue weighted by Crippen LogP contribution is 2.40. The Bertz CT molecular complexity index is 624. The van der Waals surface area contributed by atoms with Crippen LogP contribution in [0.3, 0.4) is 0 Å². The van der Waals surface area contributed by atoms with Crippen molar-refractivity contribution < 1.29 is 27.8 Å². The van der Waals surface area contributed by atoms with Crippen molar-refractivity contribution in [2.45, 2.75) is 6.61 Å². The van der Waals surface area contributed by atoms with E-state index < -0.39 is 6.61 Å². The fourth-order valence-corrected chi connectivity index (χ4v) is 2.81. The highest BCUT2D eigenvalue weighted by molar-refractivity contribution is 8.26. The van der Waals surface area contributed by atoms with Gasteiger partial charge in [-0.15, -0.1) is 0 Å². The molecule has 118 valence electrons. The topological polar surface area (TPSA) is 56.8 Å². The number of benzene rings is 1. The van der Waals surface area contributed by atoms with E-state index in [1.165, 1.54) is 26.4 Å². The van der Waals surface area contributed by atoms with Crippen LogP contribution >= 0.6 is 24.0 Å². The number of hydrogen-bond acceptors (Lipinski definition) is 6. The Morgan fingerprint density at radius 1 is 1.27 bits per heavy atom. The third-order valence-electron chi connectivity index (χ3n) is 2.63. The van der Waals surface area contributed by atoms with E-state index >= 15 is 0 Å². The minimum absolute atomic E-state index is 0.0671. The molecule has 1 aromatic rings. The van der Waals surface area contributed by atoms with Gasteiger partial charge in [-0.05, 0) is 23.8 Å². The maximum Gasteiger partial charge on any atom is 0.387 e. The molecule has 1 aliphatic heterocycles. The van der Waals surface area contributed by atoms with Gasteiger partial charge >= 0.3 is 6.61 Å². The Morgan fingerprint density at radius 2 is 1.86 bits per heavy atom. The minimum Gasteiger partial charge on any atom is -0.493 e. The van der Waals surface area contributed by atoms with Crippen molar-refractivity contribution in [1.82, 2.24) is 5.32 Å². The summed E-state index contributed by atoms with van der Waals surface area (Å²) < 4.78 is 39.8. The molecule has 1 aromatic carbocycles. The molecule has 22 heavy (non-hydrogen) atoms. The van der Waals surface area contributed by atoms with Crippen LogP contribution in [0.2, 0.25) is 0 Å². The van der Waals surface area contributed by atoms with Gasteiger partial charge in [-0.25, -0.2) is 0 Å². The summed E-state index contributed by atoms with van der Waals surface area (Å²) in [4.78, 5) is 12.0. The van der Waals surface area contributed by atoms with E-state index in [9.17, 15) is 13.6 Å². The SMILES string of the molecule is COc1cc(/C=C2/SC(=S)NC2=O)cc(OC)c1OC(F)F. The van der Waals surface area contributed by atoms with Crippen LogP contribution in [0, 0.1) is 0 Å². The smallest absolute Gasteiger partial charge is 0.387 e. The zero-order valence-corrected chi connectivity index (χ0v) is 13.1. The van der Waals surface area contributed by atoms with Gasteiger partial charge in [-0.3, -0.25) is 4.79 Å². The van der Waals surface area contributed by atoms with Gasteiger partial charge in [0.1, 0.15) is 4.32 Å². The molecule has 0 spiro atoms. The maximum absolute atomic E-state index is 12.5. The van der Waals surface area contributed by atoms with Crippen molar-refractivity contribution >= 4 is 40.3 Å². The number of nitrogens with one attached hydrogen (secondary N) is 1. The van der Waals surface area contributed by atoms with Crippen LogP contribution in [0.4, 0.5) is 8.78 Å². The predicted octanol–water partition coefficient (Wildman–Crippen LogP) is 2.79. The first-order valence-corrected chi connectivity index (χ1v) is 7.12. The Balaban J connectivity index is 2.44. The summed E-state index contributed by atoms with van der Waals surface area (Å²) in [5.41, 5.74) is 0.526. The number of thiocarbonyl (C=S) groups is 1. The number of halogens is 2. The number of amides is 1. The Kier molecular flexibility index (Phi) is 5.19. The minimum atomic E-state index is -3.01. The molecule has 9 heteroatoms. The number of carbonyl (C=O) groups excluding carboxylic acids is 1. The molecule has 0 saturated carbocycles. The van der Waals surface area contributed by atoms with Crippen molar-refractivity contribution in [1.29, 1.82) is 0 Å². The number of rotatable bonds is 5. The number of alkyl halides is 2. The third kappa shape index (κ3) is 3.66. The molecule has 1 amide bonds. The summed E-state index contributed by atoms with van der Waals surface area (Å²) in [5, 5.41) is 2.48. The molecule has 1 heterocycles. The Morgan fingerprint density at radius 3 is 2.27 bits per heavy atom. The van der Waals surface area contributed by atoms with E-state index in [2.05, 4.69) is 10.1 Å². The molecule has 1 saturated heterocycles. The van der Waals surface area contributed by atoms with Gasteiger partial charge in [0.15, 0.2) is 11.5 Å². The second-order valence-electron chi connectivity index (χ2n) is 3.99. The molecular formula is C13H11F2NO4S2. The molecule has 0 atom stereocenters. The van der Waals surface area contributed by atoms with E-state index in [1.807, 2.05) is 0 Å². The lowest BCUT2D eigenvalue weighted by molar-refractivity contribution is -0.115. The Hall–Kier alpha value is -1.87. The number of carbonyl (C=O) groups is 1. The molecule has 1 aliphatic rings. The molecule has 0 unspecified atom stereocenters. The van der Waals surface area contributed by atoms with Gasteiger partial charge in [0.05, 0.1) is 19.1 Å². The van der Waals surface area contributed by atoms with Crippen LogP contribution in [0.5, 0.6) is 17.2 Å². The van der Waals surface area contributed by atoms with Crippen molar-refractivity contribution in [3.05, 3.63) is 22.6 Å². The van der Waals surface area contributed by atoms with Gasteiger partial charge in [0.25, 0.3) is 5.91 Å². The zero-order valence-electron chi connectivity index (χ0n) is 11.5. The number of thioether (sulfide) groups is 1. The van der Waals surface area contributed by atoms with E-state index in [4.69, 9.17) is 21.7 Å². The fraction of sp³-hybridized carbons (Fsp3) is 0.231. The Labute approximate surface area is 134 Å². The van der Waals surface area contributed by atoms with Crippen molar-refractivity contribution in [2.75, 3.05) is 14.2 Å². The van der Waals surface area contributed by atoms with E-state index in [1.54, 1.807) is 6.08 Å². The van der Waals surface area contributed by atoms with E-state index in [0.29, 0.717) is 14.8 Å². The highest BCUT2D eigenvalue weighted by Gasteiger charge is 2.23. The summed E-state index contributed by atoms with van der Waals surface area (Å²) in [7, 11) is 2.63. The summed E-state index contributed by atoms with van der Waals surface area (Å²) >= 11 is 6.00. The average Bonchev–Trinajstić information content (AvgIpc) is 2.77. The summed E-state index contributed by atoms with van der Waals surface area (Å²) in [6.07, 6.45) is 1.55. The largest absolute Gasteiger partial charge is 0.493 e. The molecule has 0 radical (unpaired) electrons. The lowest BCUT2D eigenvalue weighted by atomic mass is 10.1. The maximum atomic E-state index is 12.5. The molecule has 1 N–H and O–H groups in total. The van der Waals surface area contributed by atoms with Gasteiger partial charge in [0, 0.05) is 0 Å². The second-order valence-corrected chi connectivity index (χ2v) is 5.70.